The molecule has 0 bridgehead atoms. The van der Waals surface area contributed by atoms with E-state index in [1.54, 1.807) is 0 Å². The molecule has 2 N–H and O–H groups in total. The molecule has 2 heterocycles. The normalized spacial score (nSPS) is 12.2. The summed E-state index contributed by atoms with van der Waals surface area (Å²) in [5.74, 6) is -1.64. The van der Waals surface area contributed by atoms with Crippen molar-refractivity contribution in [2.45, 2.75) is 25.7 Å². The molecule has 0 fully saturated rings. The molecule has 0 spiro atoms. The third kappa shape index (κ3) is 5.84. The Hall–Kier alpha value is -2.73. The first kappa shape index (κ1) is 25.9. The van der Waals surface area contributed by atoms with Crippen LogP contribution in [0.4, 0.5) is 0 Å². The van der Waals surface area contributed by atoms with Crippen molar-refractivity contribution in [1.82, 2.24) is 0 Å². The maximum atomic E-state index is 12.7. The standard InChI is InChI=1S/2C13H12O2S.Al.H2O/c2*1-9(13(14)15)12-11(7-8-16-12)10-5-3-2-4-6-10;;/h2*2-9H,1H3,(H,14,15);;1H2/q;;+2;/p-2. The molecule has 2 unspecified atom stereocenters. The Labute approximate surface area is 213 Å². The zero-order valence-electron chi connectivity index (χ0n) is 18.8. The van der Waals surface area contributed by atoms with Crippen molar-refractivity contribution in [2.75, 3.05) is 0 Å². The number of benzene rings is 2. The number of hydrogen-bond donors (Lipinski definition) is 0. The summed E-state index contributed by atoms with van der Waals surface area (Å²) in [6.07, 6.45) is 0. The zero-order valence-corrected chi connectivity index (χ0v) is 21.6. The fourth-order valence-electron chi connectivity index (χ4n) is 3.56. The molecule has 0 saturated carbocycles. The highest BCUT2D eigenvalue weighted by Gasteiger charge is 2.27. The summed E-state index contributed by atoms with van der Waals surface area (Å²) in [7, 11) is 0. The van der Waals surface area contributed by atoms with E-state index >= 15 is 0 Å². The zero-order chi connectivity index (χ0) is 23.2. The van der Waals surface area contributed by atoms with Crippen LogP contribution in [0.5, 0.6) is 0 Å². The lowest BCUT2D eigenvalue weighted by atomic mass is 10.0. The molecule has 0 aliphatic rings. The summed E-state index contributed by atoms with van der Waals surface area (Å²) in [6.45, 7) is 3.64. The van der Waals surface area contributed by atoms with E-state index in [-0.39, 0.29) is 17.4 Å². The lowest BCUT2D eigenvalue weighted by Crippen LogP contribution is -2.22. The average Bonchev–Trinajstić information content (AvgIpc) is 3.54. The van der Waals surface area contributed by atoms with Crippen molar-refractivity contribution in [3.05, 3.63) is 93.3 Å². The fraction of sp³-hybridized carbons (Fsp3) is 0.154. The van der Waals surface area contributed by atoms with E-state index in [1.165, 1.54) is 22.7 Å². The van der Waals surface area contributed by atoms with Gasteiger partial charge in [-0.05, 0) is 59.0 Å². The van der Waals surface area contributed by atoms with Gasteiger partial charge in [-0.25, -0.2) is 0 Å². The van der Waals surface area contributed by atoms with Crippen LogP contribution in [0.2, 0.25) is 0 Å². The van der Waals surface area contributed by atoms with E-state index in [1.807, 2.05) is 97.4 Å². The highest BCUT2D eigenvalue weighted by atomic mass is 32.1. The number of hydrogen-bond acceptors (Lipinski definition) is 6. The average molecular weight is 508 g/mol. The molecule has 2 atom stereocenters. The van der Waals surface area contributed by atoms with Crippen molar-refractivity contribution in [1.29, 1.82) is 0 Å². The second kappa shape index (κ2) is 12.1. The predicted molar refractivity (Wildman–Crippen MR) is 138 cm³/mol. The molecule has 2 aromatic heterocycles. The quantitative estimate of drug-likeness (QED) is 0.280. The molecule has 4 rings (SSSR count). The van der Waals surface area contributed by atoms with Gasteiger partial charge in [-0.3, -0.25) is 9.59 Å². The SMILES string of the molecule is CC(C(=O)[O][Al][O]C(=O)C(C)c1sccc1-c1ccccc1)c1sccc1-c1ccccc1.O. The van der Waals surface area contributed by atoms with Crippen molar-refractivity contribution in [2.24, 2.45) is 0 Å². The van der Waals surface area contributed by atoms with E-state index in [9.17, 15) is 9.59 Å². The van der Waals surface area contributed by atoms with Crippen LogP contribution in [-0.2, 0) is 17.2 Å². The maximum Gasteiger partial charge on any atom is 0.885 e. The maximum absolute atomic E-state index is 12.7. The Morgan fingerprint density at radius 3 is 1.44 bits per heavy atom. The van der Waals surface area contributed by atoms with Gasteiger partial charge in [0.05, 0.1) is 11.8 Å². The van der Waals surface area contributed by atoms with E-state index in [0.717, 1.165) is 32.0 Å². The third-order valence-corrected chi connectivity index (χ3v) is 8.24. The van der Waals surface area contributed by atoms with Gasteiger partial charge in [-0.1, -0.05) is 60.7 Å². The van der Waals surface area contributed by atoms with E-state index in [4.69, 9.17) is 7.58 Å². The number of rotatable bonds is 8. The molecular formula is C26H24AlO5S2. The summed E-state index contributed by atoms with van der Waals surface area (Å²) >= 11 is 1.82. The van der Waals surface area contributed by atoms with Crippen LogP contribution in [0.25, 0.3) is 22.3 Å². The molecule has 1 radical (unpaired) electrons. The van der Waals surface area contributed by atoms with Crippen LogP contribution in [0, 0.1) is 0 Å². The summed E-state index contributed by atoms with van der Waals surface area (Å²) in [4.78, 5) is 27.2. The number of carbonyl (C=O) groups is 2. The lowest BCUT2D eigenvalue weighted by molar-refractivity contribution is -0.140. The molecule has 0 saturated heterocycles. The monoisotopic (exact) mass is 507 g/mol. The summed E-state index contributed by atoms with van der Waals surface area (Å²) in [5.41, 5.74) is 4.17. The Morgan fingerprint density at radius 2 is 1.06 bits per heavy atom. The van der Waals surface area contributed by atoms with Crippen LogP contribution < -0.4 is 0 Å². The highest BCUT2D eigenvalue weighted by Crippen LogP contribution is 2.35. The third-order valence-electron chi connectivity index (χ3n) is 5.38. The van der Waals surface area contributed by atoms with Gasteiger partial charge in [0.2, 0.25) is 0 Å². The van der Waals surface area contributed by atoms with Gasteiger partial charge in [0.25, 0.3) is 11.9 Å². The minimum atomic E-state index is -1.23. The molecule has 5 nitrogen and oxygen atoms in total. The Balaban J connectivity index is 0.00000324. The first-order valence-electron chi connectivity index (χ1n) is 10.5. The van der Waals surface area contributed by atoms with Crippen LogP contribution >= 0.6 is 22.7 Å². The topological polar surface area (TPSA) is 84.1 Å². The van der Waals surface area contributed by atoms with Gasteiger partial charge in [0, 0.05) is 9.75 Å². The molecule has 0 aliphatic heterocycles. The Morgan fingerprint density at radius 1 is 0.676 bits per heavy atom. The molecule has 0 amide bonds. The largest absolute Gasteiger partial charge is 0.885 e. The van der Waals surface area contributed by atoms with Gasteiger partial charge in [0.1, 0.15) is 0 Å². The molecular weight excluding hydrogens is 483 g/mol. The van der Waals surface area contributed by atoms with Crippen LogP contribution in [-0.4, -0.2) is 33.3 Å². The summed E-state index contributed by atoms with van der Waals surface area (Å²) in [5, 5.41) is 3.95. The van der Waals surface area contributed by atoms with Crippen LogP contribution in [0.3, 0.4) is 0 Å². The highest BCUT2D eigenvalue weighted by molar-refractivity contribution is 7.11. The van der Waals surface area contributed by atoms with Crippen molar-refractivity contribution in [3.63, 3.8) is 0 Å². The van der Waals surface area contributed by atoms with Gasteiger partial charge < -0.3 is 13.1 Å². The number of carbonyl (C=O) groups excluding carboxylic acids is 2. The van der Waals surface area contributed by atoms with E-state index < -0.39 is 27.7 Å². The van der Waals surface area contributed by atoms with Gasteiger partial charge in [-0.15, -0.1) is 22.7 Å². The fourth-order valence-corrected chi connectivity index (χ4v) is 6.14. The second-order valence-electron chi connectivity index (χ2n) is 7.54. The summed E-state index contributed by atoms with van der Waals surface area (Å²) < 4.78 is 10.8. The molecule has 8 heteroatoms. The second-order valence-corrected chi connectivity index (χ2v) is 10.1. The molecule has 2 aromatic carbocycles. The van der Waals surface area contributed by atoms with Crippen molar-refractivity contribution >= 4 is 50.5 Å². The number of thiophene rings is 2. The Bertz CT molecular complexity index is 1120. The van der Waals surface area contributed by atoms with Crippen LogP contribution in [0.1, 0.15) is 35.4 Å². The van der Waals surface area contributed by atoms with Crippen molar-refractivity contribution in [3.8, 4) is 22.3 Å². The summed E-state index contributed by atoms with van der Waals surface area (Å²) in [6, 6.07) is 23.9. The first-order chi connectivity index (χ1) is 16.1. The smallest absolute Gasteiger partial charge is 0.589 e. The molecule has 4 aromatic rings. The lowest BCUT2D eigenvalue weighted by Gasteiger charge is -2.15. The molecule has 34 heavy (non-hydrogen) atoms. The molecule has 173 valence electrons. The molecule has 0 aliphatic carbocycles. The first-order valence-corrected chi connectivity index (χ1v) is 13.2. The van der Waals surface area contributed by atoms with E-state index in [2.05, 4.69) is 0 Å². The van der Waals surface area contributed by atoms with E-state index in [0.29, 0.717) is 0 Å². The minimum absolute atomic E-state index is 0. The van der Waals surface area contributed by atoms with Crippen molar-refractivity contribution < 1.29 is 22.6 Å². The van der Waals surface area contributed by atoms with Gasteiger partial charge in [-0.2, -0.15) is 0 Å². The Kier molecular flexibility index (Phi) is 9.22. The predicted octanol–water partition coefficient (Wildman–Crippen LogP) is 5.85. The van der Waals surface area contributed by atoms with Crippen LogP contribution in [0.15, 0.2) is 83.6 Å². The minimum Gasteiger partial charge on any atom is -0.589 e. The van der Waals surface area contributed by atoms with Gasteiger partial charge in [0.15, 0.2) is 0 Å². The van der Waals surface area contributed by atoms with Gasteiger partial charge >= 0.3 is 15.9 Å².